The van der Waals surface area contributed by atoms with E-state index in [2.05, 4.69) is 0 Å². The van der Waals surface area contributed by atoms with Crippen LogP contribution in [0.5, 0.6) is 0 Å². The van der Waals surface area contributed by atoms with Crippen LogP contribution in [-0.4, -0.2) is 42.8 Å². The Bertz CT molecular complexity index is 297. The van der Waals surface area contributed by atoms with Gasteiger partial charge in [-0.3, -0.25) is 0 Å². The summed E-state index contributed by atoms with van der Waals surface area (Å²) in [6.45, 7) is 0.797. The second-order valence-corrected chi connectivity index (χ2v) is 6.39. The van der Waals surface area contributed by atoms with Gasteiger partial charge in [0.05, 0.1) is 11.9 Å². The van der Waals surface area contributed by atoms with E-state index in [4.69, 9.17) is 0 Å². The average molecular weight is 219 g/mol. The smallest absolute Gasteiger partial charge is 0.214 e. The van der Waals surface area contributed by atoms with Gasteiger partial charge < -0.3 is 5.11 Å². The number of aliphatic hydroxyl groups is 1. The molecule has 0 aromatic rings. The van der Waals surface area contributed by atoms with Crippen LogP contribution in [0, 0.1) is 5.92 Å². The van der Waals surface area contributed by atoms with Crippen molar-refractivity contribution in [1.29, 1.82) is 0 Å². The number of aliphatic hydroxyl groups excluding tert-OH is 1. The minimum absolute atomic E-state index is 0.291. The van der Waals surface area contributed by atoms with Crippen molar-refractivity contribution in [2.45, 2.75) is 31.8 Å². The van der Waals surface area contributed by atoms with E-state index in [1.807, 2.05) is 0 Å². The Morgan fingerprint density at radius 1 is 1.29 bits per heavy atom. The maximum atomic E-state index is 11.8. The molecule has 0 bridgehead atoms. The predicted molar refractivity (Wildman–Crippen MR) is 53.3 cm³/mol. The highest BCUT2D eigenvalue weighted by molar-refractivity contribution is 7.89. The molecule has 1 aliphatic heterocycles. The van der Waals surface area contributed by atoms with E-state index in [1.54, 1.807) is 0 Å². The van der Waals surface area contributed by atoms with Crippen LogP contribution in [0.1, 0.15) is 25.7 Å². The molecule has 1 heterocycles. The Morgan fingerprint density at radius 3 is 2.43 bits per heavy atom. The van der Waals surface area contributed by atoms with Crippen molar-refractivity contribution < 1.29 is 13.5 Å². The summed E-state index contributed by atoms with van der Waals surface area (Å²) in [5.41, 5.74) is 0. The lowest BCUT2D eigenvalue weighted by molar-refractivity contribution is 0.189. The molecule has 1 aliphatic carbocycles. The van der Waals surface area contributed by atoms with Crippen molar-refractivity contribution in [2.24, 2.45) is 5.92 Å². The summed E-state index contributed by atoms with van der Waals surface area (Å²) in [4.78, 5) is 0. The molecular formula is C9H17NO3S. The molecule has 4 nitrogen and oxygen atoms in total. The summed E-state index contributed by atoms with van der Waals surface area (Å²) in [6.07, 6.45) is 3.41. The normalized spacial score (nSPS) is 30.5. The zero-order valence-electron chi connectivity index (χ0n) is 8.22. The van der Waals surface area contributed by atoms with Gasteiger partial charge in [0, 0.05) is 13.1 Å². The minimum atomic E-state index is -3.08. The molecule has 14 heavy (non-hydrogen) atoms. The van der Waals surface area contributed by atoms with Gasteiger partial charge in [0.15, 0.2) is 0 Å². The highest BCUT2D eigenvalue weighted by atomic mass is 32.2. The topological polar surface area (TPSA) is 57.6 Å². The first-order valence-electron chi connectivity index (χ1n) is 5.24. The third kappa shape index (κ3) is 2.10. The van der Waals surface area contributed by atoms with Gasteiger partial charge in [0.25, 0.3) is 0 Å². The Labute approximate surface area is 85.0 Å². The van der Waals surface area contributed by atoms with Gasteiger partial charge in [-0.2, -0.15) is 4.31 Å². The van der Waals surface area contributed by atoms with Gasteiger partial charge >= 0.3 is 0 Å². The number of hydrogen-bond acceptors (Lipinski definition) is 3. The summed E-state index contributed by atoms with van der Waals surface area (Å²) >= 11 is 0. The van der Waals surface area contributed by atoms with Crippen LogP contribution in [0.2, 0.25) is 0 Å². The van der Waals surface area contributed by atoms with Crippen molar-refractivity contribution in [2.75, 3.05) is 18.8 Å². The molecule has 2 rings (SSSR count). The van der Waals surface area contributed by atoms with Crippen LogP contribution in [0.3, 0.4) is 0 Å². The second kappa shape index (κ2) is 3.79. The maximum Gasteiger partial charge on any atom is 0.214 e. The third-order valence-electron chi connectivity index (χ3n) is 3.19. The van der Waals surface area contributed by atoms with Crippen molar-refractivity contribution in [1.82, 2.24) is 4.31 Å². The van der Waals surface area contributed by atoms with Gasteiger partial charge in [0.2, 0.25) is 10.0 Å². The first kappa shape index (κ1) is 10.4. The Morgan fingerprint density at radius 2 is 2.00 bits per heavy atom. The van der Waals surface area contributed by atoms with E-state index < -0.39 is 16.1 Å². The summed E-state index contributed by atoms with van der Waals surface area (Å²) < 4.78 is 25.0. The largest absolute Gasteiger partial charge is 0.392 e. The van der Waals surface area contributed by atoms with E-state index in [1.165, 1.54) is 10.7 Å². The number of sulfonamides is 1. The maximum absolute atomic E-state index is 11.8. The Kier molecular flexibility index (Phi) is 2.81. The standard InChI is InChI=1S/C9H17NO3S/c11-9-4-5-10(6-9)14(12,13)7-8-2-1-3-8/h8-9,11H,1-7H2/t9-/m1/s1. The molecule has 0 aromatic carbocycles. The van der Waals surface area contributed by atoms with E-state index in [0.717, 1.165) is 12.8 Å². The Balaban J connectivity index is 1.93. The van der Waals surface area contributed by atoms with Gasteiger partial charge in [0.1, 0.15) is 0 Å². The van der Waals surface area contributed by atoms with Gasteiger partial charge in [-0.05, 0) is 25.2 Å². The SMILES string of the molecule is O=S(=O)(CC1CCC1)N1CC[C@@H](O)C1. The van der Waals surface area contributed by atoms with Crippen LogP contribution in [0.15, 0.2) is 0 Å². The monoisotopic (exact) mass is 219 g/mol. The lowest BCUT2D eigenvalue weighted by Gasteiger charge is -2.27. The van der Waals surface area contributed by atoms with Crippen molar-refractivity contribution in [3.05, 3.63) is 0 Å². The molecule has 0 radical (unpaired) electrons. The average Bonchev–Trinajstić information content (AvgIpc) is 2.45. The zero-order chi connectivity index (χ0) is 10.2. The fraction of sp³-hybridized carbons (Fsp3) is 1.00. The Hall–Kier alpha value is -0.130. The quantitative estimate of drug-likeness (QED) is 0.737. The van der Waals surface area contributed by atoms with Gasteiger partial charge in [-0.1, -0.05) is 6.42 Å². The summed E-state index contributed by atoms with van der Waals surface area (Å²) in [6, 6.07) is 0. The molecule has 2 aliphatic rings. The molecule has 1 N–H and O–H groups in total. The van der Waals surface area contributed by atoms with Crippen LogP contribution >= 0.6 is 0 Å². The van der Waals surface area contributed by atoms with Crippen LogP contribution in [0.4, 0.5) is 0 Å². The molecule has 82 valence electrons. The molecule has 1 atom stereocenters. The first-order chi connectivity index (χ1) is 6.58. The van der Waals surface area contributed by atoms with Crippen LogP contribution < -0.4 is 0 Å². The predicted octanol–water partition coefficient (Wildman–Crippen LogP) is 0.183. The van der Waals surface area contributed by atoms with Gasteiger partial charge in [-0.15, -0.1) is 0 Å². The van der Waals surface area contributed by atoms with Crippen molar-refractivity contribution in [3.63, 3.8) is 0 Å². The summed E-state index contributed by atoms with van der Waals surface area (Å²) in [5, 5.41) is 9.26. The lowest BCUT2D eigenvalue weighted by Crippen LogP contribution is -2.35. The summed E-state index contributed by atoms with van der Waals surface area (Å²) in [7, 11) is -3.08. The first-order valence-corrected chi connectivity index (χ1v) is 6.85. The number of β-amino-alcohol motifs (C(OH)–C–C–N with tert-alkyl or cyclic N) is 1. The van der Waals surface area contributed by atoms with Gasteiger partial charge in [-0.25, -0.2) is 8.42 Å². The molecule has 1 saturated carbocycles. The number of nitrogens with zero attached hydrogens (tertiary/aromatic N) is 1. The molecule has 1 saturated heterocycles. The zero-order valence-corrected chi connectivity index (χ0v) is 9.04. The summed E-state index contributed by atoms with van der Waals surface area (Å²) in [5.74, 6) is 0.664. The fourth-order valence-corrected chi connectivity index (χ4v) is 3.95. The molecular weight excluding hydrogens is 202 g/mol. The minimum Gasteiger partial charge on any atom is -0.392 e. The second-order valence-electron chi connectivity index (χ2n) is 4.38. The van der Waals surface area contributed by atoms with Crippen LogP contribution in [0.25, 0.3) is 0 Å². The lowest BCUT2D eigenvalue weighted by atomic mass is 9.87. The number of rotatable bonds is 3. The van der Waals surface area contributed by atoms with E-state index >= 15 is 0 Å². The molecule has 5 heteroatoms. The molecule has 0 unspecified atom stereocenters. The molecule has 0 spiro atoms. The van der Waals surface area contributed by atoms with E-state index in [-0.39, 0.29) is 0 Å². The van der Waals surface area contributed by atoms with Crippen LogP contribution in [-0.2, 0) is 10.0 Å². The van der Waals surface area contributed by atoms with Crippen molar-refractivity contribution in [3.8, 4) is 0 Å². The third-order valence-corrected chi connectivity index (χ3v) is 5.20. The fourth-order valence-electron chi connectivity index (χ4n) is 2.03. The highest BCUT2D eigenvalue weighted by Gasteiger charge is 2.33. The molecule has 2 fully saturated rings. The molecule has 0 aromatic heterocycles. The highest BCUT2D eigenvalue weighted by Crippen LogP contribution is 2.29. The molecule has 0 amide bonds. The van der Waals surface area contributed by atoms with E-state index in [9.17, 15) is 13.5 Å². The van der Waals surface area contributed by atoms with E-state index in [0.29, 0.717) is 31.2 Å². The van der Waals surface area contributed by atoms with Crippen molar-refractivity contribution >= 4 is 10.0 Å². The number of hydrogen-bond donors (Lipinski definition) is 1.